The Labute approximate surface area is 167 Å². The van der Waals surface area contributed by atoms with Crippen LogP contribution >= 0.6 is 15.9 Å². The largest absolute Gasteiger partial charge is 0.346 e. The number of hydrogen-bond donors (Lipinski definition) is 1. The first kappa shape index (κ1) is 18.9. The average molecular weight is 422 g/mol. The summed E-state index contributed by atoms with van der Waals surface area (Å²) in [6, 6.07) is 18.0. The number of fused-ring (bicyclic) bond motifs is 1. The van der Waals surface area contributed by atoms with Crippen LogP contribution in [0.4, 0.5) is 0 Å². The highest BCUT2D eigenvalue weighted by atomic mass is 79.9. The molecule has 1 atom stereocenters. The third-order valence-electron chi connectivity index (χ3n) is 4.43. The van der Waals surface area contributed by atoms with E-state index in [1.807, 2.05) is 67.7 Å². The fraction of sp³-hybridized carbons (Fsp3) is 0.182. The maximum atomic E-state index is 12.3. The number of rotatable bonds is 6. The van der Waals surface area contributed by atoms with E-state index < -0.39 is 0 Å². The summed E-state index contributed by atoms with van der Waals surface area (Å²) in [6.07, 6.45) is 5.83. The summed E-state index contributed by atoms with van der Waals surface area (Å²) < 4.78 is 3.07. The maximum absolute atomic E-state index is 12.3. The van der Waals surface area contributed by atoms with Crippen molar-refractivity contribution >= 4 is 38.8 Å². The lowest BCUT2D eigenvalue weighted by atomic mass is 10.1. The molecule has 0 aliphatic carbocycles. The molecule has 0 saturated carbocycles. The molecule has 1 N–H and O–H groups in total. The highest BCUT2D eigenvalue weighted by Crippen LogP contribution is 2.23. The van der Waals surface area contributed by atoms with Crippen molar-refractivity contribution in [3.63, 3.8) is 0 Å². The fourth-order valence-corrected chi connectivity index (χ4v) is 3.29. The molecule has 5 heteroatoms. The first-order chi connectivity index (χ1) is 13.1. The quantitative estimate of drug-likeness (QED) is 0.555. The summed E-state index contributed by atoms with van der Waals surface area (Å²) in [5.41, 5.74) is 3.08. The SMILES string of the molecule is CC(NC(=O)/C=C/c1cn(CCC#N)c2ccccc12)c1ccc(Br)cc1. The van der Waals surface area contributed by atoms with Gasteiger partial charge in [-0.15, -0.1) is 0 Å². The number of nitriles is 1. The van der Waals surface area contributed by atoms with Gasteiger partial charge in [-0.2, -0.15) is 5.26 Å². The molecule has 1 aromatic heterocycles. The average Bonchev–Trinajstić information content (AvgIpc) is 3.03. The zero-order valence-electron chi connectivity index (χ0n) is 15.0. The predicted octanol–water partition coefficient (Wildman–Crippen LogP) is 5.21. The molecule has 0 bridgehead atoms. The van der Waals surface area contributed by atoms with Crippen molar-refractivity contribution in [1.82, 2.24) is 9.88 Å². The summed E-state index contributed by atoms with van der Waals surface area (Å²) >= 11 is 3.42. The Morgan fingerprint density at radius 3 is 2.74 bits per heavy atom. The Morgan fingerprint density at radius 1 is 1.26 bits per heavy atom. The number of halogens is 1. The first-order valence-electron chi connectivity index (χ1n) is 8.77. The minimum absolute atomic E-state index is 0.0766. The molecule has 2 aromatic carbocycles. The van der Waals surface area contributed by atoms with Crippen LogP contribution in [-0.4, -0.2) is 10.5 Å². The van der Waals surface area contributed by atoms with E-state index in [2.05, 4.69) is 31.9 Å². The number of carbonyl (C=O) groups is 1. The van der Waals surface area contributed by atoms with Crippen molar-refractivity contribution in [2.45, 2.75) is 25.9 Å². The molecule has 1 amide bonds. The van der Waals surface area contributed by atoms with Gasteiger partial charge < -0.3 is 9.88 Å². The van der Waals surface area contributed by atoms with Crippen LogP contribution in [0.3, 0.4) is 0 Å². The van der Waals surface area contributed by atoms with Crippen LogP contribution in [0, 0.1) is 11.3 Å². The summed E-state index contributed by atoms with van der Waals surface area (Å²) in [7, 11) is 0. The van der Waals surface area contributed by atoms with Gasteiger partial charge in [0.1, 0.15) is 0 Å². The lowest BCUT2D eigenvalue weighted by Crippen LogP contribution is -2.24. The summed E-state index contributed by atoms with van der Waals surface area (Å²) in [5.74, 6) is -0.140. The van der Waals surface area contributed by atoms with Crippen LogP contribution in [0.25, 0.3) is 17.0 Å². The van der Waals surface area contributed by atoms with E-state index in [9.17, 15) is 4.79 Å². The highest BCUT2D eigenvalue weighted by Gasteiger charge is 2.09. The second kappa shape index (κ2) is 8.70. The Kier molecular flexibility index (Phi) is 6.10. The molecule has 136 valence electrons. The van der Waals surface area contributed by atoms with E-state index in [0.29, 0.717) is 13.0 Å². The van der Waals surface area contributed by atoms with Crippen molar-refractivity contribution in [3.05, 3.63) is 76.4 Å². The number of benzene rings is 2. The van der Waals surface area contributed by atoms with E-state index in [0.717, 1.165) is 26.5 Å². The second-order valence-corrected chi connectivity index (χ2v) is 7.23. The van der Waals surface area contributed by atoms with Crippen LogP contribution < -0.4 is 5.32 Å². The van der Waals surface area contributed by atoms with Crippen LogP contribution in [0.2, 0.25) is 0 Å². The predicted molar refractivity (Wildman–Crippen MR) is 112 cm³/mol. The van der Waals surface area contributed by atoms with Gasteiger partial charge >= 0.3 is 0 Å². The molecule has 3 aromatic rings. The minimum Gasteiger partial charge on any atom is -0.346 e. The molecule has 3 rings (SSSR count). The van der Waals surface area contributed by atoms with E-state index in [1.54, 1.807) is 6.08 Å². The fourth-order valence-electron chi connectivity index (χ4n) is 3.03. The highest BCUT2D eigenvalue weighted by molar-refractivity contribution is 9.10. The summed E-state index contributed by atoms with van der Waals surface area (Å²) in [6.45, 7) is 2.60. The smallest absolute Gasteiger partial charge is 0.244 e. The van der Waals surface area contributed by atoms with Gasteiger partial charge in [0.05, 0.1) is 18.5 Å². The number of para-hydroxylation sites is 1. The number of aryl methyl sites for hydroxylation is 1. The van der Waals surface area contributed by atoms with E-state index in [-0.39, 0.29) is 11.9 Å². The number of carbonyl (C=O) groups excluding carboxylic acids is 1. The summed E-state index contributed by atoms with van der Waals surface area (Å²) in [4.78, 5) is 12.3. The van der Waals surface area contributed by atoms with Gasteiger partial charge in [0.2, 0.25) is 5.91 Å². The molecule has 1 unspecified atom stereocenters. The third kappa shape index (κ3) is 4.66. The molecule has 0 aliphatic rings. The van der Waals surface area contributed by atoms with Crippen molar-refractivity contribution in [1.29, 1.82) is 5.26 Å². The van der Waals surface area contributed by atoms with Gasteiger partial charge in [-0.05, 0) is 36.8 Å². The van der Waals surface area contributed by atoms with Gasteiger partial charge in [0.25, 0.3) is 0 Å². The van der Waals surface area contributed by atoms with Crippen molar-refractivity contribution in [2.24, 2.45) is 0 Å². The topological polar surface area (TPSA) is 57.8 Å². The van der Waals surface area contributed by atoms with Crippen LogP contribution in [0.1, 0.15) is 30.5 Å². The van der Waals surface area contributed by atoms with Crippen molar-refractivity contribution < 1.29 is 4.79 Å². The minimum atomic E-state index is -0.140. The molecule has 1 heterocycles. The van der Waals surface area contributed by atoms with Gasteiger partial charge in [-0.3, -0.25) is 4.79 Å². The van der Waals surface area contributed by atoms with Gasteiger partial charge in [0.15, 0.2) is 0 Å². The molecule has 4 nitrogen and oxygen atoms in total. The summed E-state index contributed by atoms with van der Waals surface area (Å²) in [5, 5.41) is 12.9. The normalized spacial score (nSPS) is 12.2. The zero-order valence-corrected chi connectivity index (χ0v) is 16.6. The van der Waals surface area contributed by atoms with Gasteiger partial charge in [-0.25, -0.2) is 0 Å². The number of nitrogens with zero attached hydrogens (tertiary/aromatic N) is 2. The first-order valence-corrected chi connectivity index (χ1v) is 9.56. The second-order valence-electron chi connectivity index (χ2n) is 6.32. The van der Waals surface area contributed by atoms with Gasteiger partial charge in [0, 0.05) is 39.8 Å². The molecule has 0 aliphatic heterocycles. The lowest BCUT2D eigenvalue weighted by molar-refractivity contribution is -0.117. The van der Waals surface area contributed by atoms with E-state index in [4.69, 9.17) is 5.26 Å². The zero-order chi connectivity index (χ0) is 19.2. The molecule has 0 spiro atoms. The van der Waals surface area contributed by atoms with E-state index >= 15 is 0 Å². The van der Waals surface area contributed by atoms with Crippen molar-refractivity contribution in [3.8, 4) is 6.07 Å². The van der Waals surface area contributed by atoms with E-state index in [1.165, 1.54) is 0 Å². The monoisotopic (exact) mass is 421 g/mol. The molecule has 0 fully saturated rings. The Morgan fingerprint density at radius 2 is 2.00 bits per heavy atom. The molecule has 0 saturated heterocycles. The Bertz CT molecular complexity index is 1010. The Hall–Kier alpha value is -2.84. The van der Waals surface area contributed by atoms with Crippen LogP contribution in [0.15, 0.2) is 65.3 Å². The number of amides is 1. The number of aromatic nitrogens is 1. The lowest BCUT2D eigenvalue weighted by Gasteiger charge is -2.12. The standard InChI is InChI=1S/C22H20BrN3O/c1-16(17-7-10-19(23)11-8-17)25-22(27)12-9-18-15-26(14-4-13-24)21-6-3-2-5-20(18)21/h2-3,5-12,15-16H,4,14H2,1H3,(H,25,27)/b12-9+. The molecule has 0 radical (unpaired) electrons. The number of hydrogen-bond acceptors (Lipinski definition) is 2. The molecular weight excluding hydrogens is 402 g/mol. The van der Waals surface area contributed by atoms with Crippen LogP contribution in [-0.2, 0) is 11.3 Å². The van der Waals surface area contributed by atoms with Crippen molar-refractivity contribution in [2.75, 3.05) is 0 Å². The van der Waals surface area contributed by atoms with Gasteiger partial charge in [-0.1, -0.05) is 46.3 Å². The molecule has 27 heavy (non-hydrogen) atoms. The maximum Gasteiger partial charge on any atom is 0.244 e. The number of nitrogens with one attached hydrogen (secondary N) is 1. The van der Waals surface area contributed by atoms with Crippen LogP contribution in [0.5, 0.6) is 0 Å². The Balaban J connectivity index is 1.74. The third-order valence-corrected chi connectivity index (χ3v) is 4.96. The molecular formula is C22H20BrN3O.